The van der Waals surface area contributed by atoms with Gasteiger partial charge in [0.15, 0.2) is 0 Å². The van der Waals surface area contributed by atoms with Gasteiger partial charge in [-0.25, -0.2) is 0 Å². The van der Waals surface area contributed by atoms with Gasteiger partial charge in [0.25, 0.3) is 0 Å². The highest BCUT2D eigenvalue weighted by Crippen LogP contribution is 2.24. The summed E-state index contributed by atoms with van der Waals surface area (Å²) in [6.07, 6.45) is 19.4. The number of rotatable bonds is 2. The molecule has 0 atom stereocenters. The van der Waals surface area contributed by atoms with Crippen LogP contribution in [0, 0.1) is 5.92 Å². The number of hydrogen-bond donors (Lipinski definition) is 1. The van der Waals surface area contributed by atoms with Crippen molar-refractivity contribution in [2.24, 2.45) is 5.92 Å². The smallest absolute Gasteiger partial charge is 0.101 e. The molecule has 0 aromatic carbocycles. The Morgan fingerprint density at radius 1 is 0.778 bits per heavy atom. The van der Waals surface area contributed by atoms with Gasteiger partial charge < -0.3 is 5.32 Å². The van der Waals surface area contributed by atoms with Gasteiger partial charge in [-0.3, -0.25) is 0 Å². The van der Waals surface area contributed by atoms with Crippen molar-refractivity contribution in [3.05, 3.63) is 0 Å². The molecule has 0 unspecified atom stereocenters. The normalized spacial score (nSPS) is 20.1. The Morgan fingerprint density at radius 2 is 1.11 bits per heavy atom. The van der Waals surface area contributed by atoms with Crippen molar-refractivity contribution in [2.75, 3.05) is 14.1 Å². The van der Waals surface area contributed by atoms with Gasteiger partial charge in [-0.05, 0) is 20.0 Å². The molecule has 0 aromatic rings. The van der Waals surface area contributed by atoms with E-state index >= 15 is 0 Å². The van der Waals surface area contributed by atoms with Crippen LogP contribution in [0.4, 0.5) is 0 Å². The standard InChI is InChI=1S/C14H29B.C2H7N/c15-13-12-14-10-8-6-4-2-1-3-5-7-9-11-14;1-3-2/h14H,1-13,15H2;3H,1-2H3. The van der Waals surface area contributed by atoms with Crippen LogP contribution in [0.15, 0.2) is 0 Å². The summed E-state index contributed by atoms with van der Waals surface area (Å²) in [5, 5.41) is 2.75. The monoisotopic (exact) mass is 253 g/mol. The second-order valence-corrected chi connectivity index (χ2v) is 5.91. The van der Waals surface area contributed by atoms with Crippen molar-refractivity contribution in [1.29, 1.82) is 0 Å². The fourth-order valence-electron chi connectivity index (χ4n) is 2.94. The Labute approximate surface area is 117 Å². The number of hydrogen-bond acceptors (Lipinski definition) is 1. The summed E-state index contributed by atoms with van der Waals surface area (Å²) in [6, 6.07) is 0. The second kappa shape index (κ2) is 15.1. The summed E-state index contributed by atoms with van der Waals surface area (Å²) >= 11 is 0. The van der Waals surface area contributed by atoms with E-state index in [4.69, 9.17) is 0 Å². The molecule has 0 saturated heterocycles. The zero-order valence-corrected chi connectivity index (χ0v) is 13.3. The molecule has 1 fully saturated rings. The average molecular weight is 253 g/mol. The lowest BCUT2D eigenvalue weighted by atomic mass is 9.85. The van der Waals surface area contributed by atoms with Crippen molar-refractivity contribution in [2.45, 2.75) is 83.4 Å². The van der Waals surface area contributed by atoms with Crippen molar-refractivity contribution in [1.82, 2.24) is 5.32 Å². The van der Waals surface area contributed by atoms with E-state index in [0.29, 0.717) is 0 Å². The minimum absolute atomic E-state index is 1.06. The van der Waals surface area contributed by atoms with E-state index in [1.165, 1.54) is 83.4 Å². The molecular weight excluding hydrogens is 217 g/mol. The lowest BCUT2D eigenvalue weighted by molar-refractivity contribution is 0.385. The fraction of sp³-hybridized carbons (Fsp3) is 1.00. The van der Waals surface area contributed by atoms with Crippen LogP contribution in [-0.4, -0.2) is 21.9 Å². The van der Waals surface area contributed by atoms with Crippen molar-refractivity contribution >= 4 is 7.85 Å². The summed E-state index contributed by atoms with van der Waals surface area (Å²) in [5.74, 6) is 1.06. The summed E-state index contributed by atoms with van der Waals surface area (Å²) < 4.78 is 0. The second-order valence-electron chi connectivity index (χ2n) is 5.91. The maximum atomic E-state index is 2.75. The third-order valence-corrected chi connectivity index (χ3v) is 3.92. The molecule has 0 bridgehead atoms. The molecule has 108 valence electrons. The van der Waals surface area contributed by atoms with E-state index in [2.05, 4.69) is 13.2 Å². The third kappa shape index (κ3) is 12.5. The van der Waals surface area contributed by atoms with E-state index in [9.17, 15) is 0 Å². The van der Waals surface area contributed by atoms with Gasteiger partial charge in [-0.1, -0.05) is 83.4 Å². The first-order valence-corrected chi connectivity index (χ1v) is 8.43. The van der Waals surface area contributed by atoms with Gasteiger partial charge in [0.05, 0.1) is 0 Å². The molecule has 1 rings (SSSR count). The summed E-state index contributed by atoms with van der Waals surface area (Å²) in [4.78, 5) is 0. The van der Waals surface area contributed by atoms with Gasteiger partial charge in [-0.15, -0.1) is 0 Å². The van der Waals surface area contributed by atoms with Crippen LogP contribution >= 0.6 is 0 Å². The Morgan fingerprint density at radius 3 is 1.44 bits per heavy atom. The summed E-state index contributed by atoms with van der Waals surface area (Å²) in [5.41, 5.74) is 0. The van der Waals surface area contributed by atoms with Gasteiger partial charge in [0.1, 0.15) is 7.85 Å². The van der Waals surface area contributed by atoms with Crippen LogP contribution in [0.3, 0.4) is 0 Å². The van der Waals surface area contributed by atoms with Crippen LogP contribution in [0.2, 0.25) is 6.32 Å². The molecule has 0 amide bonds. The SMILES string of the molecule is BCCC1CCCCCCCCCCC1.CNC. The first-order valence-electron chi connectivity index (χ1n) is 8.43. The molecule has 1 aliphatic rings. The maximum Gasteiger partial charge on any atom is 0.101 e. The van der Waals surface area contributed by atoms with Crippen LogP contribution in [0.5, 0.6) is 0 Å². The molecule has 0 radical (unpaired) electrons. The third-order valence-electron chi connectivity index (χ3n) is 3.92. The van der Waals surface area contributed by atoms with E-state index in [1.54, 1.807) is 0 Å². The van der Waals surface area contributed by atoms with Gasteiger partial charge in [-0.2, -0.15) is 0 Å². The quantitative estimate of drug-likeness (QED) is 0.728. The van der Waals surface area contributed by atoms with E-state index < -0.39 is 0 Å². The van der Waals surface area contributed by atoms with E-state index in [1.807, 2.05) is 14.1 Å². The Hall–Kier alpha value is 0.0249. The summed E-state index contributed by atoms with van der Waals surface area (Å²) in [7, 11) is 6.09. The Kier molecular flexibility index (Phi) is 15.1. The van der Waals surface area contributed by atoms with Crippen LogP contribution in [0.25, 0.3) is 0 Å². The fourth-order valence-corrected chi connectivity index (χ4v) is 2.94. The van der Waals surface area contributed by atoms with Crippen molar-refractivity contribution in [3.8, 4) is 0 Å². The molecule has 0 heterocycles. The highest BCUT2D eigenvalue weighted by Gasteiger charge is 2.07. The average Bonchev–Trinajstić information content (AvgIpc) is 2.34. The molecule has 0 spiro atoms. The zero-order valence-electron chi connectivity index (χ0n) is 13.3. The Balaban J connectivity index is 0.000000873. The van der Waals surface area contributed by atoms with Crippen LogP contribution < -0.4 is 5.32 Å². The molecular formula is C16H36BN. The van der Waals surface area contributed by atoms with Gasteiger partial charge in [0.2, 0.25) is 0 Å². The molecule has 1 N–H and O–H groups in total. The predicted molar refractivity (Wildman–Crippen MR) is 87.2 cm³/mol. The Bertz CT molecular complexity index is 138. The molecule has 2 heteroatoms. The molecule has 1 nitrogen and oxygen atoms in total. The first kappa shape index (κ1) is 18.0. The summed E-state index contributed by atoms with van der Waals surface area (Å²) in [6.45, 7) is 0. The largest absolute Gasteiger partial charge is 0.323 e. The van der Waals surface area contributed by atoms with Crippen molar-refractivity contribution < 1.29 is 0 Å². The highest BCUT2D eigenvalue weighted by atomic mass is 14.7. The van der Waals surface area contributed by atoms with E-state index in [-0.39, 0.29) is 0 Å². The molecule has 18 heavy (non-hydrogen) atoms. The topological polar surface area (TPSA) is 12.0 Å². The molecule has 0 aliphatic heterocycles. The zero-order chi connectivity index (χ0) is 13.5. The molecule has 1 aliphatic carbocycles. The minimum Gasteiger partial charge on any atom is -0.323 e. The number of nitrogens with one attached hydrogen (secondary N) is 1. The molecule has 0 aromatic heterocycles. The van der Waals surface area contributed by atoms with Gasteiger partial charge >= 0.3 is 0 Å². The van der Waals surface area contributed by atoms with Crippen LogP contribution in [-0.2, 0) is 0 Å². The lowest BCUT2D eigenvalue weighted by Gasteiger charge is -2.16. The van der Waals surface area contributed by atoms with E-state index in [0.717, 1.165) is 5.92 Å². The molecule has 1 saturated carbocycles. The highest BCUT2D eigenvalue weighted by molar-refractivity contribution is 6.08. The lowest BCUT2D eigenvalue weighted by Crippen LogP contribution is -2.01. The maximum absolute atomic E-state index is 2.75. The van der Waals surface area contributed by atoms with Crippen LogP contribution in [0.1, 0.15) is 77.0 Å². The van der Waals surface area contributed by atoms with Crippen molar-refractivity contribution in [3.63, 3.8) is 0 Å². The predicted octanol–water partition coefficient (Wildman–Crippen LogP) is 4.18. The minimum atomic E-state index is 1.06. The van der Waals surface area contributed by atoms with Gasteiger partial charge in [0, 0.05) is 0 Å². The first-order chi connectivity index (χ1) is 8.85.